The molecule has 21 heavy (non-hydrogen) atoms. The van der Waals surface area contributed by atoms with Gasteiger partial charge in [0.1, 0.15) is 0 Å². The van der Waals surface area contributed by atoms with Crippen LogP contribution in [0, 0.1) is 6.92 Å². The van der Waals surface area contributed by atoms with Gasteiger partial charge in [0, 0.05) is 26.7 Å². The molecule has 1 aromatic carbocycles. The van der Waals surface area contributed by atoms with Gasteiger partial charge in [-0.3, -0.25) is 4.99 Å². The van der Waals surface area contributed by atoms with Gasteiger partial charge in [-0.2, -0.15) is 0 Å². The van der Waals surface area contributed by atoms with Crippen molar-refractivity contribution in [3.63, 3.8) is 0 Å². The first-order valence-electron chi connectivity index (χ1n) is 7.26. The van der Waals surface area contributed by atoms with Crippen LogP contribution >= 0.6 is 24.0 Å². The molecule has 0 aliphatic carbocycles. The second-order valence-electron chi connectivity index (χ2n) is 4.89. The molecular formula is C16H28IN3O. The van der Waals surface area contributed by atoms with Gasteiger partial charge in [0.05, 0.1) is 6.61 Å². The average molecular weight is 405 g/mol. The van der Waals surface area contributed by atoms with E-state index >= 15 is 0 Å². The third-order valence-corrected chi connectivity index (χ3v) is 3.19. The third-order valence-electron chi connectivity index (χ3n) is 3.19. The standard InChI is InChI=1S/C16H27N3O.HI/c1-5-20-11-10-18-16(17-4)19-12-14(3)15-8-6-13(2)7-9-15;/h6-9,14H,5,10-12H2,1-4H3,(H2,17,18,19);1H. The second-order valence-corrected chi connectivity index (χ2v) is 4.89. The fraction of sp³-hybridized carbons (Fsp3) is 0.562. The predicted octanol–water partition coefficient (Wildman–Crippen LogP) is 2.92. The Bertz CT molecular complexity index is 406. The van der Waals surface area contributed by atoms with Crippen LogP contribution in [0.2, 0.25) is 0 Å². The Morgan fingerprint density at radius 3 is 2.48 bits per heavy atom. The van der Waals surface area contributed by atoms with Crippen molar-refractivity contribution in [2.75, 3.05) is 33.4 Å². The molecule has 2 N–H and O–H groups in total. The van der Waals surface area contributed by atoms with Crippen molar-refractivity contribution in [1.29, 1.82) is 0 Å². The van der Waals surface area contributed by atoms with Crippen LogP contribution in [0.4, 0.5) is 0 Å². The first kappa shape index (κ1) is 20.2. The summed E-state index contributed by atoms with van der Waals surface area (Å²) in [5.41, 5.74) is 2.63. The van der Waals surface area contributed by atoms with Gasteiger partial charge < -0.3 is 15.4 Å². The number of hydrogen-bond acceptors (Lipinski definition) is 2. The van der Waals surface area contributed by atoms with Crippen LogP contribution in [-0.4, -0.2) is 39.3 Å². The van der Waals surface area contributed by atoms with Crippen LogP contribution in [0.25, 0.3) is 0 Å². The SMILES string of the molecule is CCOCCNC(=NC)NCC(C)c1ccc(C)cc1.I. The first-order valence-corrected chi connectivity index (χ1v) is 7.26. The molecule has 0 aromatic heterocycles. The molecule has 1 unspecified atom stereocenters. The minimum absolute atomic E-state index is 0. The minimum atomic E-state index is 0. The number of nitrogens with one attached hydrogen (secondary N) is 2. The van der Waals surface area contributed by atoms with Gasteiger partial charge in [0.2, 0.25) is 0 Å². The normalized spacial score (nSPS) is 12.5. The molecule has 0 aliphatic heterocycles. The monoisotopic (exact) mass is 405 g/mol. The van der Waals surface area contributed by atoms with E-state index in [9.17, 15) is 0 Å². The lowest BCUT2D eigenvalue weighted by Crippen LogP contribution is -2.40. The van der Waals surface area contributed by atoms with E-state index in [4.69, 9.17) is 4.74 Å². The zero-order chi connectivity index (χ0) is 14.8. The molecule has 0 amide bonds. The van der Waals surface area contributed by atoms with E-state index in [-0.39, 0.29) is 24.0 Å². The van der Waals surface area contributed by atoms with Gasteiger partial charge in [-0.15, -0.1) is 24.0 Å². The molecule has 4 nitrogen and oxygen atoms in total. The Balaban J connectivity index is 0.00000400. The lowest BCUT2D eigenvalue weighted by molar-refractivity contribution is 0.152. The Morgan fingerprint density at radius 2 is 1.90 bits per heavy atom. The number of aliphatic imine (C=N–C) groups is 1. The summed E-state index contributed by atoms with van der Waals surface area (Å²) in [5.74, 6) is 1.27. The maximum atomic E-state index is 5.29. The Labute approximate surface area is 145 Å². The highest BCUT2D eigenvalue weighted by Gasteiger charge is 2.06. The summed E-state index contributed by atoms with van der Waals surface area (Å²) in [6.45, 7) is 9.39. The molecule has 120 valence electrons. The van der Waals surface area contributed by atoms with Crippen molar-refractivity contribution in [3.8, 4) is 0 Å². The van der Waals surface area contributed by atoms with E-state index in [1.54, 1.807) is 7.05 Å². The van der Waals surface area contributed by atoms with Crippen molar-refractivity contribution in [2.45, 2.75) is 26.7 Å². The molecule has 0 spiro atoms. The third kappa shape index (κ3) is 8.26. The minimum Gasteiger partial charge on any atom is -0.380 e. The Kier molecular flexibility index (Phi) is 11.3. The maximum Gasteiger partial charge on any atom is 0.191 e. The molecule has 1 rings (SSSR count). The van der Waals surface area contributed by atoms with E-state index in [0.717, 1.165) is 25.7 Å². The Morgan fingerprint density at radius 1 is 1.24 bits per heavy atom. The number of benzene rings is 1. The van der Waals surface area contributed by atoms with Crippen LogP contribution in [0.1, 0.15) is 30.9 Å². The van der Waals surface area contributed by atoms with Crippen LogP contribution in [-0.2, 0) is 4.74 Å². The summed E-state index contributed by atoms with van der Waals surface area (Å²) in [4.78, 5) is 4.20. The fourth-order valence-corrected chi connectivity index (χ4v) is 1.87. The highest BCUT2D eigenvalue weighted by molar-refractivity contribution is 14.0. The zero-order valence-corrected chi connectivity index (χ0v) is 15.8. The van der Waals surface area contributed by atoms with Crippen molar-refractivity contribution in [2.24, 2.45) is 4.99 Å². The number of rotatable bonds is 7. The largest absolute Gasteiger partial charge is 0.380 e. The maximum absolute atomic E-state index is 5.29. The molecule has 1 aromatic rings. The number of halogens is 1. The smallest absolute Gasteiger partial charge is 0.191 e. The molecule has 0 heterocycles. The van der Waals surface area contributed by atoms with E-state index in [0.29, 0.717) is 12.5 Å². The van der Waals surface area contributed by atoms with Gasteiger partial charge >= 0.3 is 0 Å². The Hall–Kier alpha value is -0.820. The van der Waals surface area contributed by atoms with Gasteiger partial charge in [0.15, 0.2) is 5.96 Å². The summed E-state index contributed by atoms with van der Waals surface area (Å²) in [6, 6.07) is 8.68. The number of guanidine groups is 1. The molecule has 1 atom stereocenters. The van der Waals surface area contributed by atoms with E-state index in [2.05, 4.69) is 53.7 Å². The van der Waals surface area contributed by atoms with Crippen LogP contribution in [0.15, 0.2) is 29.3 Å². The number of ether oxygens (including phenoxy) is 1. The lowest BCUT2D eigenvalue weighted by atomic mass is 10.0. The van der Waals surface area contributed by atoms with Gasteiger partial charge in [0.25, 0.3) is 0 Å². The number of nitrogens with zero attached hydrogens (tertiary/aromatic N) is 1. The van der Waals surface area contributed by atoms with E-state index < -0.39 is 0 Å². The molecule has 0 radical (unpaired) electrons. The van der Waals surface area contributed by atoms with Crippen molar-refractivity contribution < 1.29 is 4.74 Å². The van der Waals surface area contributed by atoms with Crippen molar-refractivity contribution >= 4 is 29.9 Å². The topological polar surface area (TPSA) is 45.6 Å². The quantitative estimate of drug-likeness (QED) is 0.317. The van der Waals surface area contributed by atoms with E-state index in [1.165, 1.54) is 11.1 Å². The fourth-order valence-electron chi connectivity index (χ4n) is 1.87. The van der Waals surface area contributed by atoms with Crippen LogP contribution < -0.4 is 10.6 Å². The average Bonchev–Trinajstić information content (AvgIpc) is 2.47. The zero-order valence-electron chi connectivity index (χ0n) is 13.5. The molecule has 0 aliphatic rings. The summed E-state index contributed by atoms with van der Waals surface area (Å²) < 4.78 is 5.29. The summed E-state index contributed by atoms with van der Waals surface area (Å²) in [6.07, 6.45) is 0. The van der Waals surface area contributed by atoms with Crippen molar-refractivity contribution in [3.05, 3.63) is 35.4 Å². The van der Waals surface area contributed by atoms with Gasteiger partial charge in [-0.25, -0.2) is 0 Å². The number of aryl methyl sites for hydroxylation is 1. The summed E-state index contributed by atoms with van der Waals surface area (Å²) >= 11 is 0. The molecule has 0 fully saturated rings. The summed E-state index contributed by atoms with van der Waals surface area (Å²) in [5, 5.41) is 6.58. The molecule has 0 saturated heterocycles. The van der Waals surface area contributed by atoms with E-state index in [1.807, 2.05) is 6.92 Å². The highest BCUT2D eigenvalue weighted by Crippen LogP contribution is 2.14. The summed E-state index contributed by atoms with van der Waals surface area (Å²) in [7, 11) is 1.78. The van der Waals surface area contributed by atoms with Gasteiger partial charge in [-0.05, 0) is 25.3 Å². The molecule has 0 bridgehead atoms. The molecular weight excluding hydrogens is 377 g/mol. The lowest BCUT2D eigenvalue weighted by Gasteiger charge is -2.16. The second kappa shape index (κ2) is 11.8. The number of hydrogen-bond donors (Lipinski definition) is 2. The van der Waals surface area contributed by atoms with Crippen molar-refractivity contribution in [1.82, 2.24) is 10.6 Å². The highest BCUT2D eigenvalue weighted by atomic mass is 127. The van der Waals surface area contributed by atoms with Crippen LogP contribution in [0.3, 0.4) is 0 Å². The first-order chi connectivity index (χ1) is 9.67. The predicted molar refractivity (Wildman–Crippen MR) is 101 cm³/mol. The molecule has 0 saturated carbocycles. The molecule has 5 heteroatoms. The van der Waals surface area contributed by atoms with Crippen LogP contribution in [0.5, 0.6) is 0 Å². The van der Waals surface area contributed by atoms with Gasteiger partial charge in [-0.1, -0.05) is 36.8 Å².